The molecule has 0 fully saturated rings. The van der Waals surface area contributed by atoms with Gasteiger partial charge in [-0.15, -0.1) is 0 Å². The smallest absolute Gasteiger partial charge is 0.414 e. The number of amides is 1. The van der Waals surface area contributed by atoms with Crippen molar-refractivity contribution in [3.63, 3.8) is 0 Å². The number of hydrogen-bond donors (Lipinski definition) is 1. The molecule has 1 aromatic heterocycles. The number of nitrogens with one attached hydrogen (secondary N) is 1. The summed E-state index contributed by atoms with van der Waals surface area (Å²) in [5.74, 6) is 2.07. The summed E-state index contributed by atoms with van der Waals surface area (Å²) < 4.78 is 11.7. The van der Waals surface area contributed by atoms with Gasteiger partial charge in [-0.1, -0.05) is 18.2 Å². The molecule has 2 aliphatic heterocycles. The molecule has 0 bridgehead atoms. The number of aromatic nitrogens is 1. The van der Waals surface area contributed by atoms with Gasteiger partial charge in [-0.3, -0.25) is 4.90 Å². The third kappa shape index (κ3) is 3.92. The highest BCUT2D eigenvalue weighted by Crippen LogP contribution is 2.46. The molecule has 0 saturated carbocycles. The maximum absolute atomic E-state index is 12.6. The van der Waals surface area contributed by atoms with Crippen molar-refractivity contribution in [1.29, 1.82) is 0 Å². The van der Waals surface area contributed by atoms with E-state index in [1.165, 1.54) is 0 Å². The zero-order chi connectivity index (χ0) is 21.5. The quantitative estimate of drug-likeness (QED) is 0.740. The molecule has 158 valence electrons. The number of fused-ring (bicyclic) bond motifs is 3. The van der Waals surface area contributed by atoms with Gasteiger partial charge >= 0.3 is 6.09 Å². The lowest BCUT2D eigenvalue weighted by atomic mass is 10.1. The Hall–Kier alpha value is -3.22. The second-order valence-corrected chi connectivity index (χ2v) is 8.58. The molecule has 0 spiro atoms. The highest BCUT2D eigenvalue weighted by atomic mass is 16.6. The number of hydrogen-bond acceptors (Lipinski definition) is 6. The predicted octanol–water partition coefficient (Wildman–Crippen LogP) is 5.16. The molecule has 2 aromatic rings. The van der Waals surface area contributed by atoms with Gasteiger partial charge in [0, 0.05) is 18.8 Å². The first-order chi connectivity index (χ1) is 14.2. The average Bonchev–Trinajstić information content (AvgIpc) is 2.90. The maximum atomic E-state index is 12.6. The fraction of sp³-hybridized carbons (Fsp3) is 0.391. The van der Waals surface area contributed by atoms with E-state index in [2.05, 4.69) is 22.1 Å². The third-order valence-corrected chi connectivity index (χ3v) is 5.08. The first kappa shape index (κ1) is 20.1. The molecule has 0 aliphatic carbocycles. The van der Waals surface area contributed by atoms with E-state index in [1.54, 1.807) is 4.90 Å². The van der Waals surface area contributed by atoms with Gasteiger partial charge in [0.1, 0.15) is 22.9 Å². The Bertz CT molecular complexity index is 996. The van der Waals surface area contributed by atoms with Gasteiger partial charge in [0.2, 0.25) is 5.88 Å². The van der Waals surface area contributed by atoms with E-state index < -0.39 is 5.60 Å². The van der Waals surface area contributed by atoms with E-state index in [-0.39, 0.29) is 6.09 Å². The van der Waals surface area contributed by atoms with E-state index in [0.717, 1.165) is 47.2 Å². The fourth-order valence-corrected chi connectivity index (χ4v) is 3.60. The van der Waals surface area contributed by atoms with Crippen LogP contribution in [-0.4, -0.2) is 34.7 Å². The largest absolute Gasteiger partial charge is 0.443 e. The monoisotopic (exact) mass is 408 g/mol. The molecule has 1 amide bonds. The number of pyridine rings is 1. The van der Waals surface area contributed by atoms with E-state index in [9.17, 15) is 4.79 Å². The summed E-state index contributed by atoms with van der Waals surface area (Å²) in [6.45, 7) is 11.0. The van der Waals surface area contributed by atoms with Crippen LogP contribution in [0.3, 0.4) is 0 Å². The number of nitrogens with zero attached hydrogens (tertiary/aromatic N) is 3. The number of anilines is 2. The van der Waals surface area contributed by atoms with Crippen molar-refractivity contribution in [2.75, 3.05) is 23.3 Å². The summed E-state index contributed by atoms with van der Waals surface area (Å²) in [4.78, 5) is 21.1. The zero-order valence-corrected chi connectivity index (χ0v) is 18.2. The molecular weight excluding hydrogens is 380 g/mol. The molecule has 30 heavy (non-hydrogen) atoms. The van der Waals surface area contributed by atoms with Crippen LogP contribution in [0.5, 0.6) is 11.6 Å². The Morgan fingerprint density at radius 1 is 1.13 bits per heavy atom. The van der Waals surface area contributed by atoms with Crippen LogP contribution in [0.2, 0.25) is 0 Å². The van der Waals surface area contributed by atoms with E-state index in [0.29, 0.717) is 12.4 Å². The van der Waals surface area contributed by atoms with Crippen molar-refractivity contribution in [2.24, 2.45) is 0 Å². The highest BCUT2D eigenvalue weighted by molar-refractivity contribution is 5.88. The first-order valence-electron chi connectivity index (χ1n) is 10.2. The van der Waals surface area contributed by atoms with Crippen LogP contribution in [0.25, 0.3) is 0 Å². The Morgan fingerprint density at radius 2 is 1.87 bits per heavy atom. The summed E-state index contributed by atoms with van der Waals surface area (Å²) in [5, 5.41) is 3.43. The lowest BCUT2D eigenvalue weighted by molar-refractivity contribution is 0.0336. The second-order valence-electron chi connectivity index (χ2n) is 8.58. The van der Waals surface area contributed by atoms with E-state index >= 15 is 0 Å². The lowest BCUT2D eigenvalue weighted by Gasteiger charge is -2.24. The average molecular weight is 409 g/mol. The van der Waals surface area contributed by atoms with Gasteiger partial charge < -0.3 is 19.7 Å². The highest BCUT2D eigenvalue weighted by Gasteiger charge is 2.34. The van der Waals surface area contributed by atoms with Crippen LogP contribution in [-0.2, 0) is 4.74 Å². The Morgan fingerprint density at radius 3 is 2.57 bits per heavy atom. The number of rotatable bonds is 2. The summed E-state index contributed by atoms with van der Waals surface area (Å²) in [5.41, 5.74) is 3.33. The van der Waals surface area contributed by atoms with Gasteiger partial charge in [-0.05, 0) is 58.7 Å². The van der Waals surface area contributed by atoms with Crippen LogP contribution in [0.15, 0.2) is 42.4 Å². The summed E-state index contributed by atoms with van der Waals surface area (Å²) in [6.07, 6.45) is 2.29. The minimum Gasteiger partial charge on any atom is -0.443 e. The van der Waals surface area contributed by atoms with Crippen LogP contribution >= 0.6 is 0 Å². The molecule has 1 N–H and O–H groups in total. The molecular formula is C23H28N4O3. The Balaban J connectivity index is 1.69. The SMILES string of the molecule is Cc1nc(Oc2ccccc2)c2c(c1C)N1CCCN(C(=O)OC(C)(C)C)C=C1N2. The van der Waals surface area contributed by atoms with Crippen LogP contribution in [0, 0.1) is 13.8 Å². The molecule has 1 aromatic carbocycles. The number of benzene rings is 1. The topological polar surface area (TPSA) is 66.9 Å². The van der Waals surface area contributed by atoms with Gasteiger partial charge in [0.25, 0.3) is 0 Å². The number of aryl methyl sites for hydroxylation is 1. The third-order valence-electron chi connectivity index (χ3n) is 5.08. The second kappa shape index (κ2) is 7.55. The van der Waals surface area contributed by atoms with E-state index in [1.807, 2.05) is 64.2 Å². The summed E-state index contributed by atoms with van der Waals surface area (Å²) in [6, 6.07) is 9.61. The molecule has 4 rings (SSSR count). The van der Waals surface area contributed by atoms with Crippen molar-refractivity contribution in [2.45, 2.75) is 46.6 Å². The van der Waals surface area contributed by atoms with Gasteiger partial charge in [0.15, 0.2) is 0 Å². The standard InChI is InChI=1S/C23H28N4O3/c1-15-16(2)24-21(29-17-10-7-6-8-11-17)19-20(15)27-13-9-12-26(14-18(27)25-19)22(28)30-23(3,4)5/h6-8,10-11,14,25H,9,12-13H2,1-5H3. The summed E-state index contributed by atoms with van der Waals surface area (Å²) in [7, 11) is 0. The Labute approximate surface area is 177 Å². The van der Waals surface area contributed by atoms with Crippen LogP contribution < -0.4 is 15.0 Å². The van der Waals surface area contributed by atoms with Gasteiger partial charge in [-0.25, -0.2) is 9.78 Å². The van der Waals surface area contributed by atoms with Crippen molar-refractivity contribution < 1.29 is 14.3 Å². The molecule has 7 nitrogen and oxygen atoms in total. The zero-order valence-electron chi connectivity index (χ0n) is 18.2. The maximum Gasteiger partial charge on any atom is 0.414 e. The number of para-hydroxylation sites is 1. The molecule has 0 radical (unpaired) electrons. The molecule has 0 saturated heterocycles. The molecule has 3 heterocycles. The van der Waals surface area contributed by atoms with Crippen molar-refractivity contribution >= 4 is 17.5 Å². The summed E-state index contributed by atoms with van der Waals surface area (Å²) >= 11 is 0. The normalized spacial score (nSPS) is 15.6. The van der Waals surface area contributed by atoms with Gasteiger partial charge in [-0.2, -0.15) is 0 Å². The molecule has 0 atom stereocenters. The fourth-order valence-electron chi connectivity index (χ4n) is 3.60. The minimum absolute atomic E-state index is 0.346. The predicted molar refractivity (Wildman–Crippen MR) is 117 cm³/mol. The number of carbonyl (C=O) groups is 1. The van der Waals surface area contributed by atoms with Crippen molar-refractivity contribution in [1.82, 2.24) is 9.88 Å². The van der Waals surface area contributed by atoms with Crippen LogP contribution in [0.4, 0.5) is 16.2 Å². The molecule has 7 heteroatoms. The molecule has 0 unspecified atom stereocenters. The van der Waals surface area contributed by atoms with E-state index in [4.69, 9.17) is 9.47 Å². The number of ether oxygens (including phenoxy) is 2. The number of carbonyl (C=O) groups excluding carboxylic acids is 1. The van der Waals surface area contributed by atoms with Crippen LogP contribution in [0.1, 0.15) is 38.4 Å². The lowest BCUT2D eigenvalue weighted by Crippen LogP contribution is -2.34. The van der Waals surface area contributed by atoms with Crippen molar-refractivity contribution in [3.05, 3.63) is 53.6 Å². The minimum atomic E-state index is -0.540. The molecule has 2 aliphatic rings. The van der Waals surface area contributed by atoms with Crippen molar-refractivity contribution in [3.8, 4) is 11.6 Å². The first-order valence-corrected chi connectivity index (χ1v) is 10.2. The Kier molecular flexibility index (Phi) is 5.05. The van der Waals surface area contributed by atoms with Gasteiger partial charge in [0.05, 0.1) is 11.9 Å².